The molecule has 5 aromatic rings. The molecule has 216 valence electrons. The third-order valence-corrected chi connectivity index (χ3v) is 9.41. The predicted molar refractivity (Wildman–Crippen MR) is 177 cm³/mol. The summed E-state index contributed by atoms with van der Waals surface area (Å²) in [6.07, 6.45) is 2.52. The molecule has 1 aliphatic heterocycles. The third-order valence-electron chi connectivity index (χ3n) is 6.74. The first-order valence-corrected chi connectivity index (χ1v) is 16.5. The lowest BCUT2D eigenvalue weighted by Crippen LogP contribution is -2.15. The Morgan fingerprint density at radius 2 is 1.42 bits per heavy atom. The molecule has 3 heterocycles. The van der Waals surface area contributed by atoms with Crippen molar-refractivity contribution in [1.82, 2.24) is 9.36 Å². The standard InChI is InChI=1S/C31H29N9S3/c1-21-19-25(34-37-28-14-15-29(42-28)40-16-6-7-17-40)11-12-26(21)35-33-24-10-13-27(22(2)18-24)36-38-30-32-31(39-43-30)41-20-23-8-4-3-5-9-23/h3-5,8-15,18-19H,6-7,16-17,20H2,1-2H3. The smallest absolute Gasteiger partial charge is 0.250 e. The molecule has 0 radical (unpaired) electrons. The van der Waals surface area contributed by atoms with Gasteiger partial charge in [-0.05, 0) is 91.9 Å². The maximum atomic E-state index is 4.47. The summed E-state index contributed by atoms with van der Waals surface area (Å²) >= 11 is 4.51. The minimum Gasteiger partial charge on any atom is -0.363 e. The van der Waals surface area contributed by atoms with Gasteiger partial charge in [0.05, 0.1) is 27.8 Å². The molecule has 0 spiro atoms. The SMILES string of the molecule is Cc1cc(N=Nc2ccc(N3CCCC3)s2)ccc1N=Nc1ccc(N=Nc2nc(SCc3ccccc3)ns2)c(C)c1. The Hall–Kier alpha value is -4.13. The second-order valence-electron chi connectivity index (χ2n) is 9.98. The third kappa shape index (κ3) is 7.83. The van der Waals surface area contributed by atoms with Gasteiger partial charge >= 0.3 is 0 Å². The average molecular weight is 624 g/mol. The van der Waals surface area contributed by atoms with E-state index in [1.165, 1.54) is 34.9 Å². The lowest BCUT2D eigenvalue weighted by atomic mass is 10.2. The lowest BCUT2D eigenvalue weighted by molar-refractivity contribution is 0.949. The molecule has 0 N–H and O–H groups in total. The highest BCUT2D eigenvalue weighted by atomic mass is 32.2. The molecule has 6 rings (SSSR count). The molecule has 3 aromatic carbocycles. The molecule has 0 atom stereocenters. The Morgan fingerprint density at radius 3 is 2.12 bits per heavy atom. The van der Waals surface area contributed by atoms with Crippen LogP contribution < -0.4 is 4.90 Å². The number of aromatic nitrogens is 2. The Labute approximate surface area is 262 Å². The number of azo groups is 3. The van der Waals surface area contributed by atoms with E-state index in [2.05, 4.69) is 63.1 Å². The van der Waals surface area contributed by atoms with Crippen molar-refractivity contribution < 1.29 is 0 Å². The van der Waals surface area contributed by atoms with Gasteiger partial charge in [-0.15, -0.1) is 20.5 Å². The molecule has 1 fully saturated rings. The first-order chi connectivity index (χ1) is 21.1. The maximum Gasteiger partial charge on any atom is 0.250 e. The van der Waals surface area contributed by atoms with E-state index in [0.29, 0.717) is 10.3 Å². The van der Waals surface area contributed by atoms with Gasteiger partial charge in [-0.3, -0.25) is 0 Å². The maximum absolute atomic E-state index is 4.47. The molecule has 43 heavy (non-hydrogen) atoms. The van der Waals surface area contributed by atoms with Crippen LogP contribution in [0.5, 0.6) is 0 Å². The van der Waals surface area contributed by atoms with Crippen molar-refractivity contribution in [3.05, 3.63) is 95.6 Å². The van der Waals surface area contributed by atoms with Gasteiger partial charge < -0.3 is 4.90 Å². The van der Waals surface area contributed by atoms with Gasteiger partial charge in [-0.25, -0.2) is 0 Å². The summed E-state index contributed by atoms with van der Waals surface area (Å²) in [5, 5.41) is 29.9. The normalized spacial score (nSPS) is 13.8. The van der Waals surface area contributed by atoms with E-state index >= 15 is 0 Å². The number of thiophene rings is 1. The average Bonchev–Trinajstić information content (AvgIpc) is 3.81. The van der Waals surface area contributed by atoms with Crippen LogP contribution in [0.1, 0.15) is 29.5 Å². The Bertz CT molecular complexity index is 1770. The second kappa shape index (κ2) is 13.9. The van der Waals surface area contributed by atoms with Crippen LogP contribution in [0.3, 0.4) is 0 Å². The quantitative estimate of drug-likeness (QED) is 0.114. The predicted octanol–water partition coefficient (Wildman–Crippen LogP) is 11.4. The van der Waals surface area contributed by atoms with Crippen LogP contribution in [0.25, 0.3) is 0 Å². The van der Waals surface area contributed by atoms with Crippen molar-refractivity contribution in [2.75, 3.05) is 18.0 Å². The van der Waals surface area contributed by atoms with E-state index < -0.39 is 0 Å². The van der Waals surface area contributed by atoms with Crippen LogP contribution in [0, 0.1) is 13.8 Å². The van der Waals surface area contributed by atoms with Gasteiger partial charge in [0, 0.05) is 30.4 Å². The first kappa shape index (κ1) is 29.0. The molecule has 0 unspecified atom stereocenters. The highest BCUT2D eigenvalue weighted by Crippen LogP contribution is 2.36. The highest BCUT2D eigenvalue weighted by molar-refractivity contribution is 7.98. The molecule has 0 amide bonds. The van der Waals surface area contributed by atoms with Gasteiger partial charge in [0.1, 0.15) is 5.00 Å². The van der Waals surface area contributed by atoms with Crippen LogP contribution in [0.2, 0.25) is 0 Å². The van der Waals surface area contributed by atoms with Crippen LogP contribution in [-0.2, 0) is 5.75 Å². The number of hydrogen-bond donors (Lipinski definition) is 0. The van der Waals surface area contributed by atoms with E-state index in [9.17, 15) is 0 Å². The molecule has 2 aromatic heterocycles. The summed E-state index contributed by atoms with van der Waals surface area (Å²) in [6.45, 7) is 6.23. The van der Waals surface area contributed by atoms with E-state index in [-0.39, 0.29) is 0 Å². The van der Waals surface area contributed by atoms with Crippen molar-refractivity contribution >= 4 is 72.5 Å². The summed E-state index contributed by atoms with van der Waals surface area (Å²) in [7, 11) is 0. The fourth-order valence-corrected chi connectivity index (χ4v) is 6.75. The minimum absolute atomic E-state index is 0.527. The second-order valence-corrected chi connectivity index (χ2v) is 12.7. The van der Waals surface area contributed by atoms with Crippen molar-refractivity contribution in [3.63, 3.8) is 0 Å². The van der Waals surface area contributed by atoms with Crippen molar-refractivity contribution in [3.8, 4) is 0 Å². The van der Waals surface area contributed by atoms with Crippen molar-refractivity contribution in [2.24, 2.45) is 30.7 Å². The van der Waals surface area contributed by atoms with Gasteiger partial charge in [-0.1, -0.05) is 53.4 Å². The largest absolute Gasteiger partial charge is 0.363 e. The van der Waals surface area contributed by atoms with E-state index in [1.54, 1.807) is 23.1 Å². The van der Waals surface area contributed by atoms with Crippen LogP contribution in [-0.4, -0.2) is 22.4 Å². The monoisotopic (exact) mass is 623 g/mol. The van der Waals surface area contributed by atoms with Crippen molar-refractivity contribution in [1.29, 1.82) is 0 Å². The molecule has 0 aliphatic carbocycles. The summed E-state index contributed by atoms with van der Waals surface area (Å²) in [5.41, 5.74) is 6.20. The number of aryl methyl sites for hydroxylation is 2. The molecular formula is C31H29N9S3. The lowest BCUT2D eigenvalue weighted by Gasteiger charge is -2.13. The summed E-state index contributed by atoms with van der Waals surface area (Å²) in [5.74, 6) is 0.813. The Kier molecular flexibility index (Phi) is 9.36. The molecule has 1 saturated heterocycles. The van der Waals surface area contributed by atoms with Crippen LogP contribution in [0.15, 0.2) is 115 Å². The number of nitrogens with zero attached hydrogens (tertiary/aromatic N) is 9. The molecular weight excluding hydrogens is 595 g/mol. The molecule has 9 nitrogen and oxygen atoms in total. The number of benzene rings is 3. The topological polar surface area (TPSA) is 103 Å². The minimum atomic E-state index is 0.527. The zero-order chi connectivity index (χ0) is 29.4. The van der Waals surface area contributed by atoms with Gasteiger partial charge in [-0.2, -0.15) is 19.6 Å². The van der Waals surface area contributed by atoms with Crippen LogP contribution in [0.4, 0.5) is 37.9 Å². The Morgan fingerprint density at radius 1 is 0.744 bits per heavy atom. The fourth-order valence-electron chi connectivity index (χ4n) is 4.45. The van der Waals surface area contributed by atoms with E-state index in [1.807, 2.05) is 74.5 Å². The number of thioether (sulfide) groups is 1. The van der Waals surface area contributed by atoms with E-state index in [4.69, 9.17) is 0 Å². The Balaban J connectivity index is 1.04. The van der Waals surface area contributed by atoms with Crippen LogP contribution >= 0.6 is 34.6 Å². The summed E-state index contributed by atoms with van der Waals surface area (Å²) < 4.78 is 4.38. The fraction of sp³-hybridized carbons (Fsp3) is 0.226. The molecule has 0 bridgehead atoms. The summed E-state index contributed by atoms with van der Waals surface area (Å²) in [4.78, 5) is 6.88. The van der Waals surface area contributed by atoms with Crippen molar-refractivity contribution in [2.45, 2.75) is 37.6 Å². The summed E-state index contributed by atoms with van der Waals surface area (Å²) in [6, 6.07) is 25.9. The highest BCUT2D eigenvalue weighted by Gasteiger charge is 2.14. The zero-order valence-electron chi connectivity index (χ0n) is 23.8. The van der Waals surface area contributed by atoms with E-state index in [0.717, 1.165) is 57.7 Å². The molecule has 12 heteroatoms. The zero-order valence-corrected chi connectivity index (χ0v) is 26.2. The molecule has 1 aliphatic rings. The van der Waals surface area contributed by atoms with Gasteiger partial charge in [0.2, 0.25) is 10.3 Å². The number of anilines is 1. The van der Waals surface area contributed by atoms with Gasteiger partial charge in [0.15, 0.2) is 0 Å². The van der Waals surface area contributed by atoms with Gasteiger partial charge in [0.25, 0.3) is 0 Å². The number of rotatable bonds is 10. The molecule has 0 saturated carbocycles. The number of hydrogen-bond acceptors (Lipinski definition) is 12. The first-order valence-electron chi connectivity index (χ1n) is 13.9.